The van der Waals surface area contributed by atoms with Gasteiger partial charge in [0.1, 0.15) is 0 Å². The molecule has 8 heteroatoms. The molecule has 0 spiro atoms. The number of pyridine rings is 1. The molecule has 0 bridgehead atoms. The van der Waals surface area contributed by atoms with Crippen LogP contribution in [0.1, 0.15) is 45.2 Å². The van der Waals surface area contributed by atoms with Crippen LogP contribution in [0.25, 0.3) is 22.2 Å². The molecule has 2 amide bonds. The quantitative estimate of drug-likeness (QED) is 0.240. The maximum absolute atomic E-state index is 13.6. The number of fused-ring (bicyclic) bond motifs is 2. The van der Waals surface area contributed by atoms with Crippen molar-refractivity contribution in [1.29, 1.82) is 0 Å². The Labute approximate surface area is 254 Å². The third-order valence-corrected chi connectivity index (χ3v) is 11.1. The second-order valence-corrected chi connectivity index (χ2v) is 13.9. The van der Waals surface area contributed by atoms with E-state index < -0.39 is 0 Å². The Kier molecular flexibility index (Phi) is 7.66. The number of alkyl halides is 1. The van der Waals surface area contributed by atoms with Crippen LogP contribution in [0.5, 0.6) is 0 Å². The Morgan fingerprint density at radius 3 is 2.56 bits per heavy atom. The predicted molar refractivity (Wildman–Crippen MR) is 161 cm³/mol. The summed E-state index contributed by atoms with van der Waals surface area (Å²) in [5, 5.41) is 7.33. The van der Waals surface area contributed by atoms with Crippen LogP contribution >= 0.6 is 11.6 Å². The molecule has 2 atom stereocenters. The van der Waals surface area contributed by atoms with Crippen LogP contribution < -0.4 is 31.8 Å². The van der Waals surface area contributed by atoms with Crippen molar-refractivity contribution < 1.29 is 30.8 Å². The van der Waals surface area contributed by atoms with E-state index >= 15 is 0 Å². The zero-order valence-corrected chi connectivity index (χ0v) is 25.9. The fourth-order valence-electron chi connectivity index (χ4n) is 5.15. The summed E-state index contributed by atoms with van der Waals surface area (Å²) in [6, 6.07) is 20.2. The van der Waals surface area contributed by atoms with Gasteiger partial charge < -0.3 is 0 Å². The molecule has 1 aliphatic heterocycles. The summed E-state index contributed by atoms with van der Waals surface area (Å²) in [5.74, 6) is 0.235. The van der Waals surface area contributed by atoms with Crippen molar-refractivity contribution in [2.45, 2.75) is 31.1 Å². The summed E-state index contributed by atoms with van der Waals surface area (Å²) >= 11 is 6.48. The number of aromatic nitrogens is 1. The minimum atomic E-state index is -0.261. The molecule has 2 heterocycles. The number of benzene rings is 3. The first-order chi connectivity index (χ1) is 19.8. The number of hydrogen-bond acceptors (Lipinski definition) is 4. The molecule has 41 heavy (non-hydrogen) atoms. The molecule has 2 unspecified atom stereocenters. The average Bonchev–Trinajstić information content (AvgIpc) is 3.75. The van der Waals surface area contributed by atoms with Gasteiger partial charge in [-0.1, -0.05) is 41.4 Å². The van der Waals surface area contributed by atoms with Gasteiger partial charge in [-0.2, -0.15) is 0 Å². The average molecular weight is 676 g/mol. The number of halogens is 2. The molecule has 2 N–H and O–H groups in total. The summed E-state index contributed by atoms with van der Waals surface area (Å²) < 4.78 is 3.08. The van der Waals surface area contributed by atoms with E-state index in [-0.39, 0.29) is 33.0 Å². The zero-order chi connectivity index (χ0) is 28.7. The molecular formula is C33H29ClIN4O2-. The molecule has 0 saturated heterocycles. The molecule has 2 aliphatic rings. The number of carbonyl (C=O) groups excluding carboxylic acids is 2. The van der Waals surface area contributed by atoms with E-state index in [2.05, 4.69) is 27.7 Å². The zero-order valence-electron chi connectivity index (χ0n) is 23.0. The number of aliphatic imine (C=N–C) groups is 1. The first kappa shape index (κ1) is 27.6. The van der Waals surface area contributed by atoms with Crippen molar-refractivity contribution in [3.05, 3.63) is 104 Å². The van der Waals surface area contributed by atoms with Crippen molar-refractivity contribution in [2.24, 2.45) is 10.9 Å². The number of rotatable bonds is 6. The van der Waals surface area contributed by atoms with E-state index in [9.17, 15) is 9.59 Å². The monoisotopic (exact) mass is 675 g/mol. The number of amides is 2. The Morgan fingerprint density at radius 2 is 1.78 bits per heavy atom. The fourth-order valence-corrected chi connectivity index (χ4v) is 8.49. The number of aryl methyl sites for hydroxylation is 2. The summed E-state index contributed by atoms with van der Waals surface area (Å²) in [5.41, 5.74) is 7.97. The molecule has 208 valence electrons. The summed E-state index contributed by atoms with van der Waals surface area (Å²) in [6.45, 7) is 6.52. The van der Waals surface area contributed by atoms with Crippen LogP contribution in [0.2, 0.25) is 5.02 Å². The van der Waals surface area contributed by atoms with E-state index in [0.29, 0.717) is 40.0 Å². The summed E-state index contributed by atoms with van der Waals surface area (Å²) in [6.07, 6.45) is 1.28. The number of anilines is 1. The first-order valence-corrected chi connectivity index (χ1v) is 16.4. The molecule has 1 fully saturated rings. The normalized spacial score (nSPS) is 17.9. The van der Waals surface area contributed by atoms with Crippen molar-refractivity contribution in [2.75, 3.05) is 11.9 Å². The topological polar surface area (TPSA) is 83.5 Å². The predicted octanol–water partition coefficient (Wildman–Crippen LogP) is 3.95. The summed E-state index contributed by atoms with van der Waals surface area (Å²) in [7, 11) is 0. The third kappa shape index (κ3) is 5.92. The van der Waals surface area contributed by atoms with Crippen LogP contribution in [0, 0.1) is 19.8 Å². The van der Waals surface area contributed by atoms with Crippen molar-refractivity contribution in [3.63, 3.8) is 0 Å². The molecule has 1 saturated carbocycles. The van der Waals surface area contributed by atoms with Crippen LogP contribution in [-0.4, -0.2) is 33.0 Å². The van der Waals surface area contributed by atoms with Gasteiger partial charge in [-0.25, -0.2) is 4.98 Å². The molecule has 3 aromatic carbocycles. The van der Waals surface area contributed by atoms with Crippen LogP contribution in [0.3, 0.4) is 0 Å². The Bertz CT molecular complexity index is 1760. The molecule has 6 nitrogen and oxygen atoms in total. The van der Waals surface area contributed by atoms with Gasteiger partial charge in [0.15, 0.2) is 0 Å². The third-order valence-electron chi connectivity index (χ3n) is 7.40. The number of carbonyl (C=O) groups is 2. The van der Waals surface area contributed by atoms with Crippen molar-refractivity contribution >= 4 is 45.7 Å². The molecule has 0 radical (unpaired) electrons. The standard InChI is InChI=1S/C33H29ClIN4O2/c1-18-12-19(2)31-26(13-18)27(15-30(39-31)24-6-4-5-7-28(24)34)33(41)38-22-10-8-21(9-11-22)32(40)36-17-23-16-35-29-14-25(29)20(3)37-23/h4-13,15-16,25,29H,14,17H2,1-3H3,(H,36,40)(H,38,41)/q-1. The number of nitrogens with one attached hydrogen (secondary N) is 2. The van der Waals surface area contributed by atoms with Gasteiger partial charge in [-0.15, -0.1) is 0 Å². The van der Waals surface area contributed by atoms with Crippen LogP contribution in [0.4, 0.5) is 5.69 Å². The van der Waals surface area contributed by atoms with Gasteiger partial charge in [0, 0.05) is 16.0 Å². The van der Waals surface area contributed by atoms with Gasteiger partial charge >= 0.3 is 145 Å². The van der Waals surface area contributed by atoms with Crippen molar-refractivity contribution in [1.82, 2.24) is 10.3 Å². The number of hydrogen-bond donors (Lipinski definition) is 2. The maximum atomic E-state index is 13.6. The molecule has 1 aliphatic carbocycles. The minimum absolute atomic E-state index is 0.000909. The Morgan fingerprint density at radius 1 is 1.00 bits per heavy atom. The van der Waals surface area contributed by atoms with E-state index in [4.69, 9.17) is 21.6 Å². The van der Waals surface area contributed by atoms with Gasteiger partial charge in [0.25, 0.3) is 0 Å². The fraction of sp³-hybridized carbons (Fsp3) is 0.212. The van der Waals surface area contributed by atoms with Gasteiger partial charge in [0.2, 0.25) is 0 Å². The second kappa shape index (κ2) is 11.4. The molecule has 4 aromatic rings. The van der Waals surface area contributed by atoms with E-state index in [1.807, 2.05) is 44.2 Å². The van der Waals surface area contributed by atoms with Crippen molar-refractivity contribution in [3.8, 4) is 11.3 Å². The summed E-state index contributed by atoms with van der Waals surface area (Å²) in [4.78, 5) is 36.0. The van der Waals surface area contributed by atoms with Gasteiger partial charge in [-0.3, -0.25) is 0 Å². The van der Waals surface area contributed by atoms with Crippen LogP contribution in [-0.2, 0) is 0 Å². The van der Waals surface area contributed by atoms with E-state index in [1.54, 1.807) is 30.3 Å². The van der Waals surface area contributed by atoms with E-state index in [1.165, 1.54) is 12.1 Å². The Balaban J connectivity index is 1.21. The molecular weight excluding hydrogens is 647 g/mol. The van der Waals surface area contributed by atoms with Gasteiger partial charge in [0.05, 0.1) is 11.2 Å². The van der Waals surface area contributed by atoms with Crippen LogP contribution in [0.15, 0.2) is 81.5 Å². The Hall–Kier alpha value is -3.56. The molecule has 1 aromatic heterocycles. The van der Waals surface area contributed by atoms with Gasteiger partial charge in [-0.05, 0) is 37.6 Å². The second-order valence-electron chi connectivity index (χ2n) is 10.6. The number of nitrogens with zero attached hydrogens (tertiary/aromatic N) is 2. The molecule has 6 rings (SSSR count). The SMILES string of the molecule is CC1=NC(CNC(=O)c2ccc(NC(=O)c3cc(-c4ccccc4Cl)nc4c(C)cc(C)cc34)cc2)=C[I-]C2CC12. The first-order valence-electron chi connectivity index (χ1n) is 13.5. The van der Waals surface area contributed by atoms with E-state index in [0.717, 1.165) is 37.2 Å².